The first kappa shape index (κ1) is 17.7. The second-order valence-corrected chi connectivity index (χ2v) is 5.62. The highest BCUT2D eigenvalue weighted by molar-refractivity contribution is 5.82. The maximum atomic E-state index is 12.4. The van der Waals surface area contributed by atoms with Crippen LogP contribution in [0, 0.1) is 16.0 Å². The fourth-order valence-electron chi connectivity index (χ4n) is 2.64. The lowest BCUT2D eigenvalue weighted by atomic mass is 9.96. The predicted molar refractivity (Wildman–Crippen MR) is 84.8 cm³/mol. The molecule has 130 valence electrons. The summed E-state index contributed by atoms with van der Waals surface area (Å²) in [5.41, 5.74) is 2.09. The molecule has 1 aromatic carbocycles. The highest BCUT2D eigenvalue weighted by Crippen LogP contribution is 2.21. The highest BCUT2D eigenvalue weighted by Gasteiger charge is 2.29. The summed E-state index contributed by atoms with van der Waals surface area (Å²) in [6.07, 6.45) is 0.393. The summed E-state index contributed by atoms with van der Waals surface area (Å²) >= 11 is 0. The van der Waals surface area contributed by atoms with Gasteiger partial charge in [0.25, 0.3) is 11.6 Å². The zero-order chi connectivity index (χ0) is 17.7. The monoisotopic (exact) mass is 336 g/mol. The molecular formula is C15H20N4O5. The van der Waals surface area contributed by atoms with Gasteiger partial charge in [-0.2, -0.15) is 0 Å². The number of carbonyl (C=O) groups excluding carboxylic acids is 2. The molecule has 9 heteroatoms. The molecule has 3 N–H and O–H groups in total. The van der Waals surface area contributed by atoms with Gasteiger partial charge >= 0.3 is 0 Å². The molecule has 1 saturated heterocycles. The van der Waals surface area contributed by atoms with E-state index >= 15 is 0 Å². The number of likely N-dealkylation sites (tertiary alicyclic amines) is 1. The molecule has 1 fully saturated rings. The molecular weight excluding hydrogens is 316 g/mol. The van der Waals surface area contributed by atoms with Gasteiger partial charge in [0.05, 0.1) is 4.92 Å². The van der Waals surface area contributed by atoms with Crippen molar-refractivity contribution in [3.8, 4) is 5.75 Å². The Morgan fingerprint density at radius 3 is 2.42 bits per heavy atom. The van der Waals surface area contributed by atoms with Crippen LogP contribution in [0.1, 0.15) is 19.8 Å². The number of amides is 2. The third kappa shape index (κ3) is 4.19. The van der Waals surface area contributed by atoms with Crippen molar-refractivity contribution in [1.82, 2.24) is 10.3 Å². The average Bonchev–Trinajstić information content (AvgIpc) is 2.61. The number of hydrogen-bond donors (Lipinski definition) is 2. The number of nitrogens with one attached hydrogen (secondary N) is 1. The van der Waals surface area contributed by atoms with E-state index in [-0.39, 0.29) is 23.4 Å². The molecule has 0 saturated carbocycles. The Morgan fingerprint density at radius 2 is 1.92 bits per heavy atom. The van der Waals surface area contributed by atoms with Gasteiger partial charge in [-0.15, -0.1) is 0 Å². The molecule has 0 spiro atoms. The first-order chi connectivity index (χ1) is 11.4. The Hall–Kier alpha value is -2.68. The Labute approximate surface area is 138 Å². The van der Waals surface area contributed by atoms with Crippen LogP contribution in [-0.2, 0) is 9.59 Å². The third-order valence-corrected chi connectivity index (χ3v) is 4.03. The van der Waals surface area contributed by atoms with Crippen molar-refractivity contribution in [2.45, 2.75) is 25.9 Å². The van der Waals surface area contributed by atoms with Crippen molar-refractivity contribution in [2.24, 2.45) is 11.8 Å². The molecule has 2 amide bonds. The molecule has 24 heavy (non-hydrogen) atoms. The first-order valence-corrected chi connectivity index (χ1v) is 7.62. The number of non-ortho nitro benzene ring substituents is 1. The summed E-state index contributed by atoms with van der Waals surface area (Å²) < 4.78 is 5.55. The minimum atomic E-state index is -0.716. The van der Waals surface area contributed by atoms with Crippen LogP contribution in [0.15, 0.2) is 24.3 Å². The van der Waals surface area contributed by atoms with Crippen molar-refractivity contribution in [3.05, 3.63) is 34.4 Å². The van der Waals surface area contributed by atoms with Crippen LogP contribution in [0.3, 0.4) is 0 Å². The minimum absolute atomic E-state index is 0.0402. The van der Waals surface area contributed by atoms with E-state index in [9.17, 15) is 19.7 Å². The van der Waals surface area contributed by atoms with Gasteiger partial charge in [0.2, 0.25) is 5.91 Å². The zero-order valence-corrected chi connectivity index (χ0v) is 13.3. The quantitative estimate of drug-likeness (QED) is 0.350. The number of hydrogen-bond acceptors (Lipinski definition) is 6. The lowest BCUT2D eigenvalue weighted by molar-refractivity contribution is -0.384. The van der Waals surface area contributed by atoms with Gasteiger partial charge < -0.3 is 9.64 Å². The van der Waals surface area contributed by atoms with Crippen LogP contribution in [0.25, 0.3) is 0 Å². The summed E-state index contributed by atoms with van der Waals surface area (Å²) in [5, 5.41) is 10.6. The molecule has 1 aliphatic heterocycles. The molecule has 0 radical (unpaired) electrons. The number of nitrogens with two attached hydrogens (primary N) is 1. The van der Waals surface area contributed by atoms with Gasteiger partial charge in [0.15, 0.2) is 6.10 Å². The van der Waals surface area contributed by atoms with Crippen LogP contribution >= 0.6 is 0 Å². The minimum Gasteiger partial charge on any atom is -0.481 e. The third-order valence-electron chi connectivity index (χ3n) is 4.03. The van der Waals surface area contributed by atoms with E-state index in [0.29, 0.717) is 31.7 Å². The lowest BCUT2D eigenvalue weighted by Crippen LogP contribution is -2.47. The van der Waals surface area contributed by atoms with E-state index in [4.69, 9.17) is 10.6 Å². The van der Waals surface area contributed by atoms with Crippen LogP contribution in [0.4, 0.5) is 5.69 Å². The number of carbonyl (C=O) groups is 2. The predicted octanol–water partition coefficient (Wildman–Crippen LogP) is 0.591. The fourth-order valence-corrected chi connectivity index (χ4v) is 2.64. The van der Waals surface area contributed by atoms with Crippen LogP contribution in [0.2, 0.25) is 0 Å². The van der Waals surface area contributed by atoms with E-state index in [0.717, 1.165) is 0 Å². The molecule has 1 aromatic rings. The van der Waals surface area contributed by atoms with Crippen molar-refractivity contribution in [3.63, 3.8) is 0 Å². The maximum Gasteiger partial charge on any atom is 0.269 e. The molecule has 0 aliphatic carbocycles. The van der Waals surface area contributed by atoms with Crippen molar-refractivity contribution in [1.29, 1.82) is 0 Å². The summed E-state index contributed by atoms with van der Waals surface area (Å²) in [6.45, 7) is 2.55. The molecule has 9 nitrogen and oxygen atoms in total. The summed E-state index contributed by atoms with van der Waals surface area (Å²) in [6, 6.07) is 5.56. The van der Waals surface area contributed by atoms with Crippen molar-refractivity contribution < 1.29 is 19.2 Å². The number of benzene rings is 1. The second kappa shape index (κ2) is 7.73. The van der Waals surface area contributed by atoms with Crippen LogP contribution in [-0.4, -0.2) is 40.8 Å². The van der Waals surface area contributed by atoms with E-state index in [1.165, 1.54) is 24.3 Å². The molecule has 1 aliphatic rings. The molecule has 1 unspecified atom stereocenters. The van der Waals surface area contributed by atoms with E-state index < -0.39 is 11.0 Å². The van der Waals surface area contributed by atoms with Gasteiger partial charge in [-0.1, -0.05) is 0 Å². The zero-order valence-electron chi connectivity index (χ0n) is 13.3. The SMILES string of the molecule is CC(Oc1ccc([N+](=O)[O-])cc1)C(=O)N1CCC(C(=O)NN)CC1. The van der Waals surface area contributed by atoms with Gasteiger partial charge in [-0.25, -0.2) is 5.84 Å². The Morgan fingerprint density at radius 1 is 1.33 bits per heavy atom. The molecule has 2 rings (SSSR count). The lowest BCUT2D eigenvalue weighted by Gasteiger charge is -2.32. The number of nitro groups is 1. The van der Waals surface area contributed by atoms with E-state index in [1.54, 1.807) is 11.8 Å². The number of nitrogens with zero attached hydrogens (tertiary/aromatic N) is 2. The smallest absolute Gasteiger partial charge is 0.269 e. The Balaban J connectivity index is 1.88. The van der Waals surface area contributed by atoms with Gasteiger partial charge in [0, 0.05) is 31.1 Å². The van der Waals surface area contributed by atoms with Crippen molar-refractivity contribution in [2.75, 3.05) is 13.1 Å². The number of rotatable bonds is 5. The van der Waals surface area contributed by atoms with Gasteiger partial charge in [0.1, 0.15) is 5.75 Å². The molecule has 1 heterocycles. The number of ether oxygens (including phenoxy) is 1. The molecule has 0 bridgehead atoms. The van der Waals surface area contributed by atoms with Gasteiger partial charge in [-0.3, -0.25) is 25.1 Å². The fraction of sp³-hybridized carbons (Fsp3) is 0.467. The molecule has 1 atom stereocenters. The summed E-state index contributed by atoms with van der Waals surface area (Å²) in [5.74, 6) is 4.94. The van der Waals surface area contributed by atoms with Crippen LogP contribution in [0.5, 0.6) is 5.75 Å². The van der Waals surface area contributed by atoms with Crippen molar-refractivity contribution >= 4 is 17.5 Å². The Kier molecular flexibility index (Phi) is 5.69. The Bertz CT molecular complexity index is 611. The summed E-state index contributed by atoms with van der Waals surface area (Å²) in [7, 11) is 0. The van der Waals surface area contributed by atoms with E-state index in [1.807, 2.05) is 0 Å². The maximum absolute atomic E-state index is 12.4. The average molecular weight is 336 g/mol. The largest absolute Gasteiger partial charge is 0.481 e. The van der Waals surface area contributed by atoms with E-state index in [2.05, 4.69) is 5.43 Å². The normalized spacial score (nSPS) is 16.3. The highest BCUT2D eigenvalue weighted by atomic mass is 16.6. The second-order valence-electron chi connectivity index (χ2n) is 5.62. The van der Waals surface area contributed by atoms with Gasteiger partial charge in [-0.05, 0) is 31.9 Å². The summed E-state index contributed by atoms with van der Waals surface area (Å²) in [4.78, 5) is 35.6. The molecule has 0 aromatic heterocycles. The number of piperidine rings is 1. The number of hydrazine groups is 1. The topological polar surface area (TPSA) is 128 Å². The first-order valence-electron chi connectivity index (χ1n) is 7.62. The number of nitro benzene ring substituents is 1. The van der Waals surface area contributed by atoms with Crippen LogP contribution < -0.4 is 16.0 Å². The standard InChI is InChI=1S/C15H20N4O5/c1-10(24-13-4-2-12(3-5-13)19(22)23)15(21)18-8-6-11(7-9-18)14(20)17-16/h2-5,10-11H,6-9,16H2,1H3,(H,17,20).